The molecular weight excluding hydrogens is 406 g/mol. The van der Waals surface area contributed by atoms with Crippen molar-refractivity contribution in [2.75, 3.05) is 7.05 Å². The first kappa shape index (κ1) is 16.8. The zero-order valence-corrected chi connectivity index (χ0v) is 17.0. The Labute approximate surface area is 150 Å². The molecule has 2 saturated carbocycles. The molecule has 2 nitrogen and oxygen atoms in total. The van der Waals surface area contributed by atoms with Crippen molar-refractivity contribution >= 4 is 31.9 Å². The van der Waals surface area contributed by atoms with E-state index in [9.17, 15) is 5.11 Å². The van der Waals surface area contributed by atoms with Gasteiger partial charge in [-0.05, 0) is 71.1 Å². The zero-order valence-electron chi connectivity index (χ0n) is 13.8. The zero-order chi connectivity index (χ0) is 16.3. The normalized spacial score (nSPS) is 32.9. The smallest absolute Gasteiger partial charge is 0.134 e. The molecule has 4 heteroatoms. The molecule has 0 amide bonds. The van der Waals surface area contributed by atoms with Gasteiger partial charge in [-0.25, -0.2) is 0 Å². The Balaban J connectivity index is 1.84. The molecule has 0 aromatic heterocycles. The highest BCUT2D eigenvalue weighted by atomic mass is 79.9. The lowest BCUT2D eigenvalue weighted by molar-refractivity contribution is 0.0537. The topological polar surface area (TPSA) is 23.5 Å². The number of nitrogens with zero attached hydrogens (tertiary/aromatic N) is 1. The van der Waals surface area contributed by atoms with Crippen molar-refractivity contribution in [1.29, 1.82) is 0 Å². The minimum Gasteiger partial charge on any atom is -0.506 e. The van der Waals surface area contributed by atoms with Crippen molar-refractivity contribution in [3.63, 3.8) is 0 Å². The Hall–Kier alpha value is -0.0600. The maximum absolute atomic E-state index is 10.3. The number of hydrogen-bond acceptors (Lipinski definition) is 2. The summed E-state index contributed by atoms with van der Waals surface area (Å²) in [5, 5.41) is 10.3. The lowest BCUT2D eigenvalue weighted by atomic mass is 9.69. The van der Waals surface area contributed by atoms with Crippen molar-refractivity contribution in [2.45, 2.75) is 52.6 Å². The van der Waals surface area contributed by atoms with Gasteiger partial charge in [0.15, 0.2) is 0 Å². The molecule has 2 bridgehead atoms. The molecule has 0 aliphatic heterocycles. The lowest BCUT2D eigenvalue weighted by Gasteiger charge is -2.43. The largest absolute Gasteiger partial charge is 0.506 e. The predicted octanol–water partition coefficient (Wildman–Crippen LogP) is 5.56. The minimum atomic E-state index is 0.364. The van der Waals surface area contributed by atoms with Crippen LogP contribution in [0.5, 0.6) is 5.75 Å². The van der Waals surface area contributed by atoms with Gasteiger partial charge in [-0.15, -0.1) is 0 Å². The molecule has 3 rings (SSSR count). The van der Waals surface area contributed by atoms with E-state index < -0.39 is 0 Å². The summed E-state index contributed by atoms with van der Waals surface area (Å²) in [6.07, 6.45) is 3.99. The Morgan fingerprint density at radius 1 is 1.27 bits per heavy atom. The standard InChI is InChI=1S/C18H25Br2NO/c1-17(2)12-5-6-18(17,3)15(8-12)21(4)10-11-7-13(19)9-14(20)16(11)22/h7,9,12,15,22H,5-6,8,10H2,1-4H3. The Morgan fingerprint density at radius 3 is 2.50 bits per heavy atom. The monoisotopic (exact) mass is 429 g/mol. The third-order valence-corrected chi connectivity index (χ3v) is 7.87. The summed E-state index contributed by atoms with van der Waals surface area (Å²) in [5.74, 6) is 1.20. The van der Waals surface area contributed by atoms with Gasteiger partial charge in [0.05, 0.1) is 4.47 Å². The fourth-order valence-corrected chi connectivity index (χ4v) is 6.26. The van der Waals surface area contributed by atoms with E-state index in [2.05, 4.69) is 64.6 Å². The Bertz CT molecular complexity index is 601. The molecule has 122 valence electrons. The van der Waals surface area contributed by atoms with Gasteiger partial charge in [0.1, 0.15) is 5.75 Å². The van der Waals surface area contributed by atoms with E-state index in [0.29, 0.717) is 22.6 Å². The number of phenols is 1. The van der Waals surface area contributed by atoms with Crippen molar-refractivity contribution in [3.05, 3.63) is 26.6 Å². The van der Waals surface area contributed by atoms with Crippen LogP contribution in [0.1, 0.15) is 45.6 Å². The summed E-state index contributed by atoms with van der Waals surface area (Å²) in [7, 11) is 2.21. The molecule has 1 aromatic carbocycles. The third-order valence-electron chi connectivity index (χ3n) is 6.81. The van der Waals surface area contributed by atoms with E-state index in [-0.39, 0.29) is 0 Å². The highest BCUT2D eigenvalue weighted by Crippen LogP contribution is 2.66. The molecule has 2 aliphatic rings. The van der Waals surface area contributed by atoms with Crippen LogP contribution < -0.4 is 0 Å². The number of rotatable bonds is 3. The molecule has 0 saturated heterocycles. The van der Waals surface area contributed by atoms with Crippen molar-refractivity contribution in [2.24, 2.45) is 16.7 Å². The number of phenolic OH excluding ortho intramolecular Hbond substituents is 1. The fraction of sp³-hybridized carbons (Fsp3) is 0.667. The molecule has 2 fully saturated rings. The second kappa shape index (κ2) is 5.49. The van der Waals surface area contributed by atoms with Crippen molar-refractivity contribution in [3.8, 4) is 5.75 Å². The maximum Gasteiger partial charge on any atom is 0.134 e. The first-order valence-corrected chi connectivity index (χ1v) is 9.62. The summed E-state index contributed by atoms with van der Waals surface area (Å²) < 4.78 is 1.75. The van der Waals surface area contributed by atoms with E-state index in [1.807, 2.05) is 12.1 Å². The van der Waals surface area contributed by atoms with Crippen LogP contribution in [0.2, 0.25) is 0 Å². The maximum atomic E-state index is 10.3. The number of halogens is 2. The van der Waals surface area contributed by atoms with E-state index >= 15 is 0 Å². The van der Waals surface area contributed by atoms with Gasteiger partial charge in [0.2, 0.25) is 0 Å². The van der Waals surface area contributed by atoms with Gasteiger partial charge in [0, 0.05) is 22.6 Å². The predicted molar refractivity (Wildman–Crippen MR) is 98.0 cm³/mol. The molecule has 1 aromatic rings. The fourth-order valence-electron chi connectivity index (χ4n) is 4.95. The first-order chi connectivity index (χ1) is 10.2. The summed E-state index contributed by atoms with van der Waals surface area (Å²) >= 11 is 6.96. The molecular formula is C18H25Br2NO. The Morgan fingerprint density at radius 2 is 1.95 bits per heavy atom. The van der Waals surface area contributed by atoms with Crippen LogP contribution in [0.25, 0.3) is 0 Å². The van der Waals surface area contributed by atoms with Gasteiger partial charge in [-0.3, -0.25) is 4.90 Å². The summed E-state index contributed by atoms with van der Waals surface area (Å²) in [4.78, 5) is 2.45. The van der Waals surface area contributed by atoms with Crippen LogP contribution in [-0.4, -0.2) is 23.1 Å². The van der Waals surface area contributed by atoms with Crippen LogP contribution in [0.3, 0.4) is 0 Å². The second-order valence-electron chi connectivity index (χ2n) is 7.94. The molecule has 0 radical (unpaired) electrons. The van der Waals surface area contributed by atoms with Crippen LogP contribution in [0, 0.1) is 16.7 Å². The number of aromatic hydroxyl groups is 1. The lowest BCUT2D eigenvalue weighted by Crippen LogP contribution is -2.45. The Kier molecular flexibility index (Phi) is 4.19. The number of hydrogen-bond donors (Lipinski definition) is 1. The minimum absolute atomic E-state index is 0.364. The summed E-state index contributed by atoms with van der Waals surface area (Å²) in [6, 6.07) is 4.51. The second-order valence-corrected chi connectivity index (χ2v) is 9.71. The van der Waals surface area contributed by atoms with Crippen LogP contribution in [0.4, 0.5) is 0 Å². The first-order valence-electron chi connectivity index (χ1n) is 8.04. The molecule has 1 N–H and O–H groups in total. The van der Waals surface area contributed by atoms with E-state index in [1.54, 1.807) is 0 Å². The number of benzene rings is 1. The van der Waals surface area contributed by atoms with E-state index in [4.69, 9.17) is 0 Å². The summed E-state index contributed by atoms with van der Waals surface area (Å²) in [5.41, 5.74) is 1.78. The van der Waals surface area contributed by atoms with Gasteiger partial charge >= 0.3 is 0 Å². The van der Waals surface area contributed by atoms with Crippen LogP contribution in [0.15, 0.2) is 21.1 Å². The molecule has 22 heavy (non-hydrogen) atoms. The quantitative estimate of drug-likeness (QED) is 0.677. The average Bonchev–Trinajstić information content (AvgIpc) is 2.76. The van der Waals surface area contributed by atoms with E-state index in [1.165, 1.54) is 19.3 Å². The summed E-state index contributed by atoms with van der Waals surface area (Å²) in [6.45, 7) is 8.15. The van der Waals surface area contributed by atoms with Crippen LogP contribution in [-0.2, 0) is 6.54 Å². The van der Waals surface area contributed by atoms with Crippen molar-refractivity contribution in [1.82, 2.24) is 4.90 Å². The molecule has 0 heterocycles. The highest BCUT2D eigenvalue weighted by Gasteiger charge is 2.62. The van der Waals surface area contributed by atoms with Crippen molar-refractivity contribution < 1.29 is 5.11 Å². The van der Waals surface area contributed by atoms with Gasteiger partial charge < -0.3 is 5.11 Å². The van der Waals surface area contributed by atoms with Gasteiger partial charge in [0.25, 0.3) is 0 Å². The molecule has 0 spiro atoms. The van der Waals surface area contributed by atoms with Gasteiger partial charge in [-0.1, -0.05) is 36.7 Å². The molecule has 3 atom stereocenters. The highest BCUT2D eigenvalue weighted by molar-refractivity contribution is 9.11. The van der Waals surface area contributed by atoms with E-state index in [0.717, 1.165) is 27.0 Å². The SMILES string of the molecule is CN(Cc1cc(Br)cc(Br)c1O)C1CC2CCC1(C)C2(C)C. The third kappa shape index (κ3) is 2.37. The molecule has 2 aliphatic carbocycles. The van der Waals surface area contributed by atoms with Gasteiger partial charge in [-0.2, -0.15) is 0 Å². The molecule has 3 unspecified atom stereocenters. The van der Waals surface area contributed by atoms with Crippen LogP contribution >= 0.6 is 31.9 Å². The number of fused-ring (bicyclic) bond motifs is 2. The average molecular weight is 431 g/mol.